The Labute approximate surface area is 108 Å². The smallest absolute Gasteiger partial charge is 0.439 e. The number of hydrogen-bond acceptors (Lipinski definition) is 5. The Bertz CT molecular complexity index is 329. The predicted octanol–water partition coefficient (Wildman–Crippen LogP) is 1.57. The first-order valence-electron chi connectivity index (χ1n) is 5.78. The zero-order chi connectivity index (χ0) is 15.3. The van der Waals surface area contributed by atoms with Gasteiger partial charge in [0.25, 0.3) is 0 Å². The van der Waals surface area contributed by atoms with Crippen LogP contribution in [0.2, 0.25) is 0 Å². The van der Waals surface area contributed by atoms with Gasteiger partial charge in [0.1, 0.15) is 0 Å². The minimum atomic E-state index is -5.51. The minimum Gasteiger partial charge on any atom is -0.463 e. The van der Waals surface area contributed by atoms with E-state index >= 15 is 0 Å². The number of carbonyl (C=O) groups is 2. The third-order valence-electron chi connectivity index (χ3n) is 2.32. The molecule has 0 radical (unpaired) electrons. The molecule has 1 N–H and O–H groups in total. The van der Waals surface area contributed by atoms with Gasteiger partial charge in [0, 0.05) is 0 Å². The zero-order valence-electron chi connectivity index (χ0n) is 10.9. The number of halogens is 3. The highest BCUT2D eigenvalue weighted by atomic mass is 19.4. The zero-order valence-corrected chi connectivity index (χ0v) is 10.9. The first-order chi connectivity index (χ1) is 8.61. The molecule has 5 nitrogen and oxygen atoms in total. The average Bonchev–Trinajstić information content (AvgIpc) is 2.32. The molecule has 0 aliphatic rings. The second-order valence-corrected chi connectivity index (χ2v) is 3.97. The van der Waals surface area contributed by atoms with Crippen LogP contribution in [0, 0.1) is 0 Å². The van der Waals surface area contributed by atoms with Gasteiger partial charge in [0.15, 0.2) is 0 Å². The van der Waals surface area contributed by atoms with E-state index in [-0.39, 0.29) is 19.4 Å². The van der Waals surface area contributed by atoms with Gasteiger partial charge in [-0.3, -0.25) is 0 Å². The third kappa shape index (κ3) is 4.09. The summed E-state index contributed by atoms with van der Waals surface area (Å²) in [5, 5.41) is 9.38. The standard InChI is InChI=1S/C11H17F3O5/c1-4-6-18-8(15)10(17,11(12,13)14)9(16)19-7(3)5-2/h7,17H,4-6H2,1-3H3. The summed E-state index contributed by atoms with van der Waals surface area (Å²) in [5.41, 5.74) is -4.29. The van der Waals surface area contributed by atoms with Crippen molar-refractivity contribution in [2.24, 2.45) is 0 Å². The van der Waals surface area contributed by atoms with Crippen molar-refractivity contribution in [2.45, 2.75) is 51.5 Å². The number of carbonyl (C=O) groups excluding carboxylic acids is 2. The van der Waals surface area contributed by atoms with Crippen molar-refractivity contribution in [1.82, 2.24) is 0 Å². The van der Waals surface area contributed by atoms with Gasteiger partial charge in [-0.25, -0.2) is 9.59 Å². The van der Waals surface area contributed by atoms with E-state index < -0.39 is 29.8 Å². The molecule has 0 spiro atoms. The highest BCUT2D eigenvalue weighted by molar-refractivity contribution is 6.04. The highest BCUT2D eigenvalue weighted by Gasteiger charge is 2.68. The Morgan fingerprint density at radius 3 is 2.11 bits per heavy atom. The Morgan fingerprint density at radius 1 is 1.21 bits per heavy atom. The van der Waals surface area contributed by atoms with Crippen LogP contribution in [0.15, 0.2) is 0 Å². The predicted molar refractivity (Wildman–Crippen MR) is 58.1 cm³/mol. The van der Waals surface area contributed by atoms with Crippen molar-refractivity contribution < 1.29 is 37.3 Å². The first-order valence-corrected chi connectivity index (χ1v) is 5.78. The third-order valence-corrected chi connectivity index (χ3v) is 2.32. The van der Waals surface area contributed by atoms with E-state index in [1.165, 1.54) is 6.92 Å². The topological polar surface area (TPSA) is 72.8 Å². The van der Waals surface area contributed by atoms with E-state index in [1.54, 1.807) is 13.8 Å². The van der Waals surface area contributed by atoms with Gasteiger partial charge < -0.3 is 14.6 Å². The summed E-state index contributed by atoms with van der Waals surface area (Å²) in [6, 6.07) is 0. The maximum Gasteiger partial charge on any atom is 0.439 e. The van der Waals surface area contributed by atoms with Gasteiger partial charge in [-0.15, -0.1) is 0 Å². The number of alkyl halides is 3. The minimum absolute atomic E-state index is 0.240. The van der Waals surface area contributed by atoms with E-state index in [0.29, 0.717) is 0 Å². The molecule has 0 saturated carbocycles. The Kier molecular flexibility index (Phi) is 6.28. The Morgan fingerprint density at radius 2 is 1.74 bits per heavy atom. The van der Waals surface area contributed by atoms with Gasteiger partial charge in [-0.05, 0) is 19.8 Å². The van der Waals surface area contributed by atoms with Crippen molar-refractivity contribution in [3.05, 3.63) is 0 Å². The molecule has 112 valence electrons. The lowest BCUT2D eigenvalue weighted by Gasteiger charge is -2.27. The molecule has 0 aromatic carbocycles. The lowest BCUT2D eigenvalue weighted by Crippen LogP contribution is -2.60. The molecule has 2 atom stereocenters. The van der Waals surface area contributed by atoms with Gasteiger partial charge in [0.05, 0.1) is 12.7 Å². The summed E-state index contributed by atoms with van der Waals surface area (Å²) in [4.78, 5) is 22.7. The van der Waals surface area contributed by atoms with Crippen molar-refractivity contribution in [1.29, 1.82) is 0 Å². The van der Waals surface area contributed by atoms with E-state index in [2.05, 4.69) is 9.47 Å². The fourth-order valence-electron chi connectivity index (χ4n) is 0.965. The van der Waals surface area contributed by atoms with E-state index in [0.717, 1.165) is 0 Å². The Balaban J connectivity index is 5.19. The second-order valence-electron chi connectivity index (χ2n) is 3.97. The second kappa shape index (κ2) is 6.74. The number of esters is 2. The molecule has 0 fully saturated rings. The summed E-state index contributed by atoms with van der Waals surface area (Å²) in [6.45, 7) is 4.12. The quantitative estimate of drug-likeness (QED) is 0.593. The van der Waals surface area contributed by atoms with Gasteiger partial charge in [0.2, 0.25) is 0 Å². The lowest BCUT2D eigenvalue weighted by atomic mass is 10.0. The average molecular weight is 286 g/mol. The first kappa shape index (κ1) is 17.7. The normalized spacial score (nSPS) is 16.4. The van der Waals surface area contributed by atoms with Crippen LogP contribution in [0.4, 0.5) is 13.2 Å². The van der Waals surface area contributed by atoms with Crippen LogP contribution in [0.5, 0.6) is 0 Å². The van der Waals surface area contributed by atoms with E-state index in [1.807, 2.05) is 0 Å². The fraction of sp³-hybridized carbons (Fsp3) is 0.818. The summed E-state index contributed by atoms with van der Waals surface area (Å²) < 4.78 is 46.8. The molecular formula is C11H17F3O5. The lowest BCUT2D eigenvalue weighted by molar-refractivity contribution is -0.265. The summed E-state index contributed by atoms with van der Waals surface area (Å²) in [6.07, 6.45) is -5.88. The molecule has 0 bridgehead atoms. The van der Waals surface area contributed by atoms with Gasteiger partial charge >= 0.3 is 23.7 Å². The van der Waals surface area contributed by atoms with Crippen molar-refractivity contribution in [3.8, 4) is 0 Å². The molecule has 0 saturated heterocycles. The monoisotopic (exact) mass is 286 g/mol. The molecule has 0 aromatic rings. The number of aliphatic hydroxyl groups is 1. The van der Waals surface area contributed by atoms with Crippen LogP contribution in [0.25, 0.3) is 0 Å². The van der Waals surface area contributed by atoms with Crippen LogP contribution in [-0.4, -0.2) is 41.5 Å². The summed E-state index contributed by atoms with van der Waals surface area (Å²) in [7, 11) is 0. The number of rotatable bonds is 6. The van der Waals surface area contributed by atoms with Crippen molar-refractivity contribution in [2.75, 3.05) is 6.61 Å². The van der Waals surface area contributed by atoms with Crippen LogP contribution in [0.3, 0.4) is 0 Å². The number of ether oxygens (including phenoxy) is 2. The number of hydrogen-bond donors (Lipinski definition) is 1. The molecule has 8 heteroatoms. The Hall–Kier alpha value is -1.31. The van der Waals surface area contributed by atoms with Crippen LogP contribution in [-0.2, 0) is 19.1 Å². The van der Waals surface area contributed by atoms with Crippen LogP contribution < -0.4 is 0 Å². The van der Waals surface area contributed by atoms with Crippen molar-refractivity contribution in [3.63, 3.8) is 0 Å². The molecule has 0 aliphatic heterocycles. The molecule has 0 aromatic heterocycles. The van der Waals surface area contributed by atoms with Gasteiger partial charge in [-0.1, -0.05) is 13.8 Å². The summed E-state index contributed by atoms with van der Waals surface area (Å²) in [5.74, 6) is -4.15. The maximum absolute atomic E-state index is 12.7. The van der Waals surface area contributed by atoms with E-state index in [9.17, 15) is 27.9 Å². The largest absolute Gasteiger partial charge is 0.463 e. The molecule has 19 heavy (non-hydrogen) atoms. The molecular weight excluding hydrogens is 269 g/mol. The van der Waals surface area contributed by atoms with Gasteiger partial charge in [-0.2, -0.15) is 13.2 Å². The molecule has 2 unspecified atom stereocenters. The highest BCUT2D eigenvalue weighted by Crippen LogP contribution is 2.33. The van der Waals surface area contributed by atoms with Crippen molar-refractivity contribution >= 4 is 11.9 Å². The molecule has 0 heterocycles. The van der Waals surface area contributed by atoms with E-state index in [4.69, 9.17) is 0 Å². The molecule has 0 aliphatic carbocycles. The molecule has 0 rings (SSSR count). The molecule has 0 amide bonds. The van der Waals surface area contributed by atoms with Crippen LogP contribution >= 0.6 is 0 Å². The van der Waals surface area contributed by atoms with Crippen LogP contribution in [0.1, 0.15) is 33.6 Å². The summed E-state index contributed by atoms with van der Waals surface area (Å²) >= 11 is 0. The fourth-order valence-corrected chi connectivity index (χ4v) is 0.965. The SMILES string of the molecule is CCCOC(=O)C(O)(C(=O)OC(C)CC)C(F)(F)F. The maximum atomic E-state index is 12.7.